The summed E-state index contributed by atoms with van der Waals surface area (Å²) in [5.74, 6) is 1.29. The summed E-state index contributed by atoms with van der Waals surface area (Å²) >= 11 is 0. The minimum absolute atomic E-state index is 0.0478. The van der Waals surface area contributed by atoms with E-state index in [4.69, 9.17) is 14.2 Å². The molecule has 5 nitrogen and oxygen atoms in total. The largest absolute Gasteiger partial charge is 0.504 e. The van der Waals surface area contributed by atoms with Gasteiger partial charge in [0.05, 0.1) is 19.3 Å². The van der Waals surface area contributed by atoms with Crippen molar-refractivity contribution in [2.45, 2.75) is 76.5 Å². The van der Waals surface area contributed by atoms with Gasteiger partial charge in [-0.1, -0.05) is 6.92 Å². The molecule has 3 aliphatic carbocycles. The summed E-state index contributed by atoms with van der Waals surface area (Å²) < 4.78 is 17.8. The van der Waals surface area contributed by atoms with E-state index in [1.807, 2.05) is 26.0 Å². The van der Waals surface area contributed by atoms with Gasteiger partial charge in [0.2, 0.25) is 0 Å². The number of aliphatic hydroxyl groups excluding tert-OH is 1. The second-order valence-electron chi connectivity index (χ2n) is 9.61. The number of aryl methyl sites for hydroxylation is 1. The molecule has 5 rings (SSSR count). The summed E-state index contributed by atoms with van der Waals surface area (Å²) in [6, 6.07) is 3.91. The molecular weight excluding hydrogens is 344 g/mol. The molecule has 0 spiro atoms. The van der Waals surface area contributed by atoms with E-state index in [1.165, 1.54) is 11.1 Å². The van der Waals surface area contributed by atoms with Gasteiger partial charge in [-0.2, -0.15) is 0 Å². The standard InChI is InChI=1S/C22H30O5/c1-21(2)26-18-17-13-6-5-11-9-15(23)16(25-4)10-14(11)12(13)7-8-22(17,3)20(24)19(18)27-21/h9-10,12-13,17-20,23-24H,5-8H2,1-4H3/t12?,13?,17?,18-,19-,20+,22+/m1/s1. The van der Waals surface area contributed by atoms with E-state index >= 15 is 0 Å². The number of phenolic OH excluding ortho intramolecular Hbond substituents is 1. The molecule has 4 aliphatic rings. The van der Waals surface area contributed by atoms with E-state index in [0.29, 0.717) is 17.6 Å². The first-order chi connectivity index (χ1) is 12.7. The molecule has 5 heteroatoms. The molecule has 3 unspecified atom stereocenters. The maximum Gasteiger partial charge on any atom is 0.163 e. The van der Waals surface area contributed by atoms with Crippen LogP contribution in [-0.4, -0.2) is 41.4 Å². The van der Waals surface area contributed by atoms with Crippen molar-refractivity contribution in [2.24, 2.45) is 17.3 Å². The van der Waals surface area contributed by atoms with Gasteiger partial charge in [-0.15, -0.1) is 0 Å². The SMILES string of the molecule is COc1cc2c(cc1O)CCC1C2CC[C@@]2(C)C1[C@H]1OC(C)(C)O[C@H]1[C@@H]2O. The Morgan fingerprint density at radius 2 is 1.85 bits per heavy atom. The minimum atomic E-state index is -0.633. The van der Waals surface area contributed by atoms with Crippen molar-refractivity contribution >= 4 is 0 Å². The van der Waals surface area contributed by atoms with Crippen molar-refractivity contribution < 1.29 is 24.4 Å². The van der Waals surface area contributed by atoms with E-state index in [-0.39, 0.29) is 29.3 Å². The number of fused-ring (bicyclic) bond motifs is 7. The molecule has 1 heterocycles. The van der Waals surface area contributed by atoms with Crippen LogP contribution in [0.4, 0.5) is 0 Å². The van der Waals surface area contributed by atoms with E-state index in [9.17, 15) is 10.2 Å². The number of hydrogen-bond acceptors (Lipinski definition) is 5. The molecule has 2 N–H and O–H groups in total. The van der Waals surface area contributed by atoms with Crippen LogP contribution in [0, 0.1) is 17.3 Å². The number of rotatable bonds is 1. The molecular formula is C22H30O5. The number of ether oxygens (including phenoxy) is 3. The fourth-order valence-electron chi connectivity index (χ4n) is 6.71. The lowest BCUT2D eigenvalue weighted by atomic mass is 9.55. The molecule has 1 aliphatic heterocycles. The Morgan fingerprint density at radius 1 is 1.11 bits per heavy atom. The summed E-state index contributed by atoms with van der Waals surface area (Å²) in [6.07, 6.45) is 3.24. The molecule has 148 valence electrons. The summed E-state index contributed by atoms with van der Waals surface area (Å²) in [4.78, 5) is 0. The third kappa shape index (κ3) is 2.34. The first-order valence-electron chi connectivity index (χ1n) is 10.2. The smallest absolute Gasteiger partial charge is 0.163 e. The fourth-order valence-corrected chi connectivity index (χ4v) is 6.71. The van der Waals surface area contributed by atoms with Gasteiger partial charge in [0, 0.05) is 5.41 Å². The van der Waals surface area contributed by atoms with Crippen LogP contribution in [0.25, 0.3) is 0 Å². The van der Waals surface area contributed by atoms with E-state index in [1.54, 1.807) is 7.11 Å². The molecule has 1 aromatic carbocycles. The van der Waals surface area contributed by atoms with E-state index in [0.717, 1.165) is 25.7 Å². The van der Waals surface area contributed by atoms with Crippen LogP contribution in [0.15, 0.2) is 12.1 Å². The van der Waals surface area contributed by atoms with Crippen molar-refractivity contribution in [3.8, 4) is 11.5 Å². The summed E-state index contributed by atoms with van der Waals surface area (Å²) in [5, 5.41) is 21.3. The molecule has 2 saturated carbocycles. The highest BCUT2D eigenvalue weighted by Crippen LogP contribution is 2.64. The van der Waals surface area contributed by atoms with Crippen molar-refractivity contribution in [1.29, 1.82) is 0 Å². The zero-order chi connectivity index (χ0) is 19.1. The van der Waals surface area contributed by atoms with Crippen LogP contribution in [0.2, 0.25) is 0 Å². The number of hydrogen-bond donors (Lipinski definition) is 2. The second-order valence-corrected chi connectivity index (χ2v) is 9.61. The molecule has 1 saturated heterocycles. The quantitative estimate of drug-likeness (QED) is 0.789. The Morgan fingerprint density at radius 3 is 2.59 bits per heavy atom. The maximum absolute atomic E-state index is 11.1. The lowest BCUT2D eigenvalue weighted by molar-refractivity contribution is -0.195. The Labute approximate surface area is 160 Å². The van der Waals surface area contributed by atoms with Crippen LogP contribution < -0.4 is 4.74 Å². The normalized spacial score (nSPS) is 44.2. The predicted molar refractivity (Wildman–Crippen MR) is 99.9 cm³/mol. The number of aromatic hydroxyl groups is 1. The van der Waals surface area contributed by atoms with Crippen molar-refractivity contribution in [3.05, 3.63) is 23.3 Å². The number of benzene rings is 1. The van der Waals surface area contributed by atoms with Crippen molar-refractivity contribution in [3.63, 3.8) is 0 Å². The van der Waals surface area contributed by atoms with Crippen molar-refractivity contribution in [1.82, 2.24) is 0 Å². The van der Waals surface area contributed by atoms with Gasteiger partial charge in [-0.05, 0) is 80.5 Å². The van der Waals surface area contributed by atoms with Gasteiger partial charge in [0.1, 0.15) is 6.10 Å². The Bertz CT molecular complexity index is 774. The molecule has 0 bridgehead atoms. The Balaban J connectivity index is 1.55. The van der Waals surface area contributed by atoms with E-state index < -0.39 is 11.9 Å². The van der Waals surface area contributed by atoms with Gasteiger partial charge in [0.15, 0.2) is 17.3 Å². The van der Waals surface area contributed by atoms with Crippen LogP contribution >= 0.6 is 0 Å². The molecule has 0 aromatic heterocycles. The van der Waals surface area contributed by atoms with Gasteiger partial charge >= 0.3 is 0 Å². The van der Waals surface area contributed by atoms with Gasteiger partial charge in [0.25, 0.3) is 0 Å². The number of aliphatic hydroxyl groups is 1. The van der Waals surface area contributed by atoms with Crippen molar-refractivity contribution in [2.75, 3.05) is 7.11 Å². The van der Waals surface area contributed by atoms with Crippen LogP contribution in [0.1, 0.15) is 57.1 Å². The summed E-state index contributed by atoms with van der Waals surface area (Å²) in [6.45, 7) is 6.11. The summed E-state index contributed by atoms with van der Waals surface area (Å²) in [5.41, 5.74) is 2.38. The fraction of sp³-hybridized carbons (Fsp3) is 0.727. The number of methoxy groups -OCH3 is 1. The first-order valence-corrected chi connectivity index (χ1v) is 10.2. The number of phenols is 1. The third-order valence-electron chi connectivity index (χ3n) is 7.83. The second kappa shape index (κ2) is 5.62. The highest BCUT2D eigenvalue weighted by Gasteiger charge is 2.67. The third-order valence-corrected chi connectivity index (χ3v) is 7.83. The van der Waals surface area contributed by atoms with Gasteiger partial charge in [-0.25, -0.2) is 0 Å². The van der Waals surface area contributed by atoms with Gasteiger partial charge < -0.3 is 24.4 Å². The monoisotopic (exact) mass is 374 g/mol. The topological polar surface area (TPSA) is 68.2 Å². The van der Waals surface area contributed by atoms with Gasteiger partial charge in [-0.3, -0.25) is 0 Å². The molecule has 27 heavy (non-hydrogen) atoms. The molecule has 7 atom stereocenters. The van der Waals surface area contributed by atoms with Crippen LogP contribution in [0.5, 0.6) is 11.5 Å². The van der Waals surface area contributed by atoms with Crippen LogP contribution in [-0.2, 0) is 15.9 Å². The lowest BCUT2D eigenvalue weighted by Crippen LogP contribution is -2.48. The molecule has 3 fully saturated rings. The Kier molecular flexibility index (Phi) is 3.70. The highest BCUT2D eigenvalue weighted by atomic mass is 16.8. The lowest BCUT2D eigenvalue weighted by Gasteiger charge is -2.51. The zero-order valence-electron chi connectivity index (χ0n) is 16.6. The Hall–Kier alpha value is -1.30. The van der Waals surface area contributed by atoms with Crippen LogP contribution in [0.3, 0.4) is 0 Å². The molecule has 0 amide bonds. The molecule has 0 radical (unpaired) electrons. The zero-order valence-corrected chi connectivity index (χ0v) is 16.6. The van der Waals surface area contributed by atoms with E-state index in [2.05, 4.69) is 6.92 Å². The molecule has 1 aromatic rings. The average Bonchev–Trinajstić information content (AvgIpc) is 3.03. The minimum Gasteiger partial charge on any atom is -0.504 e. The predicted octanol–water partition coefficient (Wildman–Crippen LogP) is 3.36. The first kappa shape index (κ1) is 17.8. The maximum atomic E-state index is 11.1. The highest BCUT2D eigenvalue weighted by molar-refractivity contribution is 5.49. The summed E-state index contributed by atoms with van der Waals surface area (Å²) in [7, 11) is 1.60. The average molecular weight is 374 g/mol.